The largest absolute Gasteiger partial charge is 0.478 e. The summed E-state index contributed by atoms with van der Waals surface area (Å²) in [6.07, 6.45) is 4.70. The van der Waals surface area contributed by atoms with Gasteiger partial charge < -0.3 is 10.4 Å². The van der Waals surface area contributed by atoms with Crippen molar-refractivity contribution in [2.24, 2.45) is 7.05 Å². The maximum Gasteiger partial charge on any atom is 0.338 e. The predicted molar refractivity (Wildman–Crippen MR) is 85.1 cm³/mol. The molecule has 0 saturated heterocycles. The van der Waals surface area contributed by atoms with Crippen molar-refractivity contribution in [3.63, 3.8) is 0 Å². The summed E-state index contributed by atoms with van der Waals surface area (Å²) >= 11 is 1.43. The van der Waals surface area contributed by atoms with Gasteiger partial charge in [0.2, 0.25) is 0 Å². The van der Waals surface area contributed by atoms with Crippen molar-refractivity contribution >= 4 is 23.4 Å². The van der Waals surface area contributed by atoms with Gasteiger partial charge in [0.15, 0.2) is 0 Å². The molecule has 0 fully saturated rings. The fourth-order valence-corrected chi connectivity index (χ4v) is 2.90. The highest BCUT2D eigenvalue weighted by molar-refractivity contribution is 7.98. The number of aryl methyl sites for hydroxylation is 2. The number of hydrogen-bond donors (Lipinski definition) is 2. The number of nitrogens with zero attached hydrogens (tertiary/aromatic N) is 2. The molecule has 2 aromatic rings. The van der Waals surface area contributed by atoms with Crippen LogP contribution in [-0.2, 0) is 20.0 Å². The van der Waals surface area contributed by atoms with Gasteiger partial charge in [0, 0.05) is 30.2 Å². The number of rotatable bonds is 6. The second-order valence-electron chi connectivity index (χ2n) is 4.67. The monoisotopic (exact) mass is 305 g/mol. The van der Waals surface area contributed by atoms with Crippen LogP contribution >= 0.6 is 11.8 Å². The van der Waals surface area contributed by atoms with Gasteiger partial charge in [-0.15, -0.1) is 11.8 Å². The molecular formula is C15H19N3O2S. The van der Waals surface area contributed by atoms with Crippen molar-refractivity contribution in [1.82, 2.24) is 9.78 Å². The number of hydrogen-bond acceptors (Lipinski definition) is 4. The first-order chi connectivity index (χ1) is 10.1. The lowest BCUT2D eigenvalue weighted by Gasteiger charge is -2.12. The summed E-state index contributed by atoms with van der Waals surface area (Å²) in [6, 6.07) is 5.48. The van der Waals surface area contributed by atoms with Crippen LogP contribution in [0.1, 0.15) is 28.5 Å². The molecule has 0 aliphatic heterocycles. The first-order valence-electron chi connectivity index (χ1n) is 6.72. The standard InChI is InChI=1S/C15H19N3O2S/c1-4-11-10(9-18(2)17-11)8-16-12-6-5-7-13(21-3)14(12)15(19)20/h5-7,9,16H,4,8H2,1-3H3,(H,19,20). The first-order valence-corrected chi connectivity index (χ1v) is 7.94. The molecule has 2 rings (SSSR count). The van der Waals surface area contributed by atoms with E-state index in [-0.39, 0.29) is 0 Å². The number of carboxylic acids is 1. The van der Waals surface area contributed by atoms with Gasteiger partial charge in [0.25, 0.3) is 0 Å². The number of thioether (sulfide) groups is 1. The molecule has 0 spiro atoms. The van der Waals surface area contributed by atoms with E-state index in [9.17, 15) is 9.90 Å². The lowest BCUT2D eigenvalue weighted by Crippen LogP contribution is -2.08. The Bertz CT molecular complexity index is 652. The molecule has 0 unspecified atom stereocenters. The zero-order chi connectivity index (χ0) is 15.4. The average Bonchev–Trinajstić information content (AvgIpc) is 2.84. The van der Waals surface area contributed by atoms with E-state index in [4.69, 9.17) is 0 Å². The van der Waals surface area contributed by atoms with Gasteiger partial charge in [-0.05, 0) is 24.8 Å². The minimum Gasteiger partial charge on any atom is -0.478 e. The van der Waals surface area contributed by atoms with E-state index in [1.807, 2.05) is 31.6 Å². The third kappa shape index (κ3) is 3.39. The summed E-state index contributed by atoms with van der Waals surface area (Å²) in [5, 5.41) is 17.0. The molecule has 1 heterocycles. The Labute approximate surface area is 128 Å². The highest BCUT2D eigenvalue weighted by Crippen LogP contribution is 2.27. The molecular weight excluding hydrogens is 286 g/mol. The maximum absolute atomic E-state index is 11.5. The first kappa shape index (κ1) is 15.4. The van der Waals surface area contributed by atoms with Gasteiger partial charge in [-0.25, -0.2) is 4.79 Å². The predicted octanol–water partition coefficient (Wildman–Crippen LogP) is 3.01. The average molecular weight is 305 g/mol. The Hall–Kier alpha value is -1.95. The molecule has 0 amide bonds. The van der Waals surface area contributed by atoms with Crippen LogP contribution in [0.25, 0.3) is 0 Å². The number of nitrogens with one attached hydrogen (secondary N) is 1. The zero-order valence-electron chi connectivity index (χ0n) is 12.4. The van der Waals surface area contributed by atoms with Gasteiger partial charge in [-0.2, -0.15) is 5.10 Å². The maximum atomic E-state index is 11.5. The van der Waals surface area contributed by atoms with Crippen molar-refractivity contribution in [1.29, 1.82) is 0 Å². The normalized spacial score (nSPS) is 10.6. The Balaban J connectivity index is 2.25. The number of aromatic carboxylic acids is 1. The quantitative estimate of drug-likeness (QED) is 0.803. The molecule has 1 aromatic heterocycles. The van der Waals surface area contributed by atoms with E-state index in [0.29, 0.717) is 17.8 Å². The molecule has 5 nitrogen and oxygen atoms in total. The molecule has 0 aliphatic carbocycles. The number of benzene rings is 1. The zero-order valence-corrected chi connectivity index (χ0v) is 13.2. The van der Waals surface area contributed by atoms with Crippen LogP contribution in [-0.4, -0.2) is 27.1 Å². The van der Waals surface area contributed by atoms with Crippen LogP contribution in [0.3, 0.4) is 0 Å². The molecule has 1 aromatic carbocycles. The highest BCUT2D eigenvalue weighted by atomic mass is 32.2. The molecule has 0 saturated carbocycles. The molecule has 6 heteroatoms. The number of anilines is 1. The molecule has 2 N–H and O–H groups in total. The van der Waals surface area contributed by atoms with Gasteiger partial charge in [-0.3, -0.25) is 4.68 Å². The second-order valence-corrected chi connectivity index (χ2v) is 5.52. The summed E-state index contributed by atoms with van der Waals surface area (Å²) in [5.74, 6) is -0.913. The van der Waals surface area contributed by atoms with Gasteiger partial charge in [0.05, 0.1) is 16.9 Å². The molecule has 112 valence electrons. The van der Waals surface area contributed by atoms with Crippen molar-refractivity contribution in [3.05, 3.63) is 41.2 Å². The molecule has 0 radical (unpaired) electrons. The lowest BCUT2D eigenvalue weighted by molar-refractivity contribution is 0.0694. The minimum absolute atomic E-state index is 0.326. The topological polar surface area (TPSA) is 67.2 Å². The Morgan fingerprint density at radius 2 is 2.24 bits per heavy atom. The van der Waals surface area contributed by atoms with Gasteiger partial charge in [-0.1, -0.05) is 13.0 Å². The molecule has 0 aliphatic rings. The Morgan fingerprint density at radius 3 is 2.86 bits per heavy atom. The van der Waals surface area contributed by atoms with Gasteiger partial charge >= 0.3 is 5.97 Å². The fraction of sp³-hybridized carbons (Fsp3) is 0.333. The third-order valence-electron chi connectivity index (χ3n) is 3.26. The summed E-state index contributed by atoms with van der Waals surface area (Å²) in [5.41, 5.74) is 3.08. The van der Waals surface area contributed by atoms with Crippen molar-refractivity contribution in [2.75, 3.05) is 11.6 Å². The summed E-state index contributed by atoms with van der Waals surface area (Å²) < 4.78 is 1.78. The van der Waals surface area contributed by atoms with Crippen LogP contribution in [0.15, 0.2) is 29.3 Å². The fourth-order valence-electron chi connectivity index (χ4n) is 2.29. The Kier molecular flexibility index (Phi) is 4.90. The smallest absolute Gasteiger partial charge is 0.338 e. The summed E-state index contributed by atoms with van der Waals surface area (Å²) in [7, 11) is 1.89. The highest BCUT2D eigenvalue weighted by Gasteiger charge is 2.15. The van der Waals surface area contributed by atoms with E-state index < -0.39 is 5.97 Å². The van der Waals surface area contributed by atoms with Crippen LogP contribution in [0.2, 0.25) is 0 Å². The third-order valence-corrected chi connectivity index (χ3v) is 4.04. The minimum atomic E-state index is -0.913. The van der Waals surface area contributed by atoms with Crippen molar-refractivity contribution in [2.45, 2.75) is 24.8 Å². The summed E-state index contributed by atoms with van der Waals surface area (Å²) in [4.78, 5) is 12.2. The number of aromatic nitrogens is 2. The van der Waals surface area contributed by atoms with E-state index in [0.717, 1.165) is 22.6 Å². The number of carboxylic acid groups (broad SMARTS) is 1. The molecule has 21 heavy (non-hydrogen) atoms. The van der Waals surface area contributed by atoms with Crippen LogP contribution < -0.4 is 5.32 Å². The molecule has 0 bridgehead atoms. The van der Waals surface area contributed by atoms with E-state index in [1.165, 1.54) is 11.8 Å². The SMILES string of the molecule is CCc1nn(C)cc1CNc1cccc(SC)c1C(=O)O. The molecule has 0 atom stereocenters. The van der Waals surface area contributed by atoms with Crippen LogP contribution in [0.4, 0.5) is 5.69 Å². The van der Waals surface area contributed by atoms with Crippen LogP contribution in [0, 0.1) is 0 Å². The van der Waals surface area contributed by atoms with Gasteiger partial charge in [0.1, 0.15) is 0 Å². The van der Waals surface area contributed by atoms with Crippen molar-refractivity contribution in [3.8, 4) is 0 Å². The summed E-state index contributed by atoms with van der Waals surface area (Å²) in [6.45, 7) is 2.62. The van der Waals surface area contributed by atoms with E-state index in [2.05, 4.69) is 17.3 Å². The van der Waals surface area contributed by atoms with Crippen LogP contribution in [0.5, 0.6) is 0 Å². The second kappa shape index (κ2) is 6.67. The van der Waals surface area contributed by atoms with Crippen molar-refractivity contribution < 1.29 is 9.90 Å². The lowest BCUT2D eigenvalue weighted by atomic mass is 10.1. The van der Waals surface area contributed by atoms with E-state index >= 15 is 0 Å². The Morgan fingerprint density at radius 1 is 1.48 bits per heavy atom. The number of carbonyl (C=O) groups is 1. The van der Waals surface area contributed by atoms with E-state index in [1.54, 1.807) is 10.7 Å².